The fourth-order valence-electron chi connectivity index (χ4n) is 5.16. The van der Waals surface area contributed by atoms with Crippen LogP contribution < -0.4 is 0 Å². The van der Waals surface area contributed by atoms with Gasteiger partial charge in [-0.05, 0) is 51.8 Å². The monoisotopic (exact) mass is 569 g/mol. The summed E-state index contributed by atoms with van der Waals surface area (Å²) in [5, 5.41) is 12.4. The molecule has 1 aliphatic heterocycles. The van der Waals surface area contributed by atoms with Gasteiger partial charge in [0.2, 0.25) is 5.91 Å². The van der Waals surface area contributed by atoms with Gasteiger partial charge in [0.25, 0.3) is 15.7 Å². The maximum absolute atomic E-state index is 13.6. The molecule has 0 aliphatic carbocycles. The number of para-hydroxylation sites is 2. The van der Waals surface area contributed by atoms with Gasteiger partial charge in [0.15, 0.2) is 10.7 Å². The van der Waals surface area contributed by atoms with Crippen LogP contribution in [0.2, 0.25) is 0 Å². The summed E-state index contributed by atoms with van der Waals surface area (Å²) in [5.41, 5.74) is -1.24. The summed E-state index contributed by atoms with van der Waals surface area (Å²) >= 11 is 0. The SMILES string of the molecule is CCC1(CC(=O)CN(C(=O)OC(C)(C)C)S(=O)(=O)c2ccccc2[N+](=O)[O-])CCC(=O)n2c1cc1ccccc12. The van der Waals surface area contributed by atoms with Crippen molar-refractivity contribution < 1.29 is 32.5 Å². The van der Waals surface area contributed by atoms with Crippen molar-refractivity contribution in [2.75, 3.05) is 6.54 Å². The van der Waals surface area contributed by atoms with E-state index in [1.165, 1.54) is 32.9 Å². The zero-order valence-electron chi connectivity index (χ0n) is 22.7. The van der Waals surface area contributed by atoms with E-state index in [2.05, 4.69) is 0 Å². The van der Waals surface area contributed by atoms with E-state index in [0.717, 1.165) is 23.0 Å². The van der Waals surface area contributed by atoms with E-state index in [1.54, 1.807) is 4.57 Å². The number of sulfonamides is 1. The second kappa shape index (κ2) is 10.5. The number of hydrogen-bond acceptors (Lipinski definition) is 8. The van der Waals surface area contributed by atoms with Crippen LogP contribution >= 0.6 is 0 Å². The third-order valence-electron chi connectivity index (χ3n) is 7.08. The summed E-state index contributed by atoms with van der Waals surface area (Å²) < 4.78 is 34.5. The Morgan fingerprint density at radius 1 is 1.12 bits per heavy atom. The van der Waals surface area contributed by atoms with Crippen LogP contribution in [-0.4, -0.2) is 52.1 Å². The first-order valence-corrected chi connectivity index (χ1v) is 14.3. The van der Waals surface area contributed by atoms with Crippen molar-refractivity contribution in [3.63, 3.8) is 0 Å². The zero-order valence-corrected chi connectivity index (χ0v) is 23.6. The van der Waals surface area contributed by atoms with E-state index in [9.17, 15) is 32.9 Å². The largest absolute Gasteiger partial charge is 0.443 e. The van der Waals surface area contributed by atoms with Gasteiger partial charge in [-0.25, -0.2) is 13.2 Å². The lowest BCUT2D eigenvalue weighted by Gasteiger charge is -2.37. The first kappa shape index (κ1) is 28.9. The number of ketones is 1. The van der Waals surface area contributed by atoms with Crippen molar-refractivity contribution in [2.24, 2.45) is 0 Å². The molecule has 0 fully saturated rings. The number of ether oxygens (including phenoxy) is 1. The van der Waals surface area contributed by atoms with Gasteiger partial charge in [0.1, 0.15) is 5.60 Å². The van der Waals surface area contributed by atoms with Gasteiger partial charge in [-0.3, -0.25) is 24.3 Å². The Labute approximate surface area is 231 Å². The van der Waals surface area contributed by atoms with Crippen LogP contribution in [0.25, 0.3) is 10.9 Å². The maximum Gasteiger partial charge on any atom is 0.424 e. The van der Waals surface area contributed by atoms with Crippen molar-refractivity contribution in [3.8, 4) is 0 Å². The highest BCUT2D eigenvalue weighted by atomic mass is 32.2. The number of carbonyl (C=O) groups is 3. The molecule has 0 spiro atoms. The number of nitro benzene ring substituents is 1. The Morgan fingerprint density at radius 2 is 1.77 bits per heavy atom. The molecule has 40 heavy (non-hydrogen) atoms. The zero-order chi connectivity index (χ0) is 29.5. The van der Waals surface area contributed by atoms with E-state index >= 15 is 0 Å². The quantitative estimate of drug-likeness (QED) is 0.265. The van der Waals surface area contributed by atoms with Crippen LogP contribution in [0.3, 0.4) is 0 Å². The molecule has 1 amide bonds. The molecule has 1 aromatic heterocycles. The molecular weight excluding hydrogens is 538 g/mol. The minimum Gasteiger partial charge on any atom is -0.443 e. The van der Waals surface area contributed by atoms with Gasteiger partial charge in [0, 0.05) is 35.4 Å². The fraction of sp³-hybridized carbons (Fsp3) is 0.393. The van der Waals surface area contributed by atoms with Gasteiger partial charge in [-0.15, -0.1) is 0 Å². The molecular formula is C28H31N3O8S. The van der Waals surface area contributed by atoms with Crippen LogP contribution in [0.15, 0.2) is 59.5 Å². The Morgan fingerprint density at radius 3 is 2.42 bits per heavy atom. The minimum absolute atomic E-state index is 0.0953. The highest BCUT2D eigenvalue weighted by Crippen LogP contribution is 2.43. The van der Waals surface area contributed by atoms with Crippen molar-refractivity contribution in [1.82, 2.24) is 8.87 Å². The smallest absolute Gasteiger partial charge is 0.424 e. The van der Waals surface area contributed by atoms with Crippen LogP contribution in [0.4, 0.5) is 10.5 Å². The van der Waals surface area contributed by atoms with Gasteiger partial charge < -0.3 is 4.74 Å². The first-order chi connectivity index (χ1) is 18.7. The Hall–Kier alpha value is -4.06. The summed E-state index contributed by atoms with van der Waals surface area (Å²) in [7, 11) is -4.86. The topological polar surface area (TPSA) is 146 Å². The third-order valence-corrected chi connectivity index (χ3v) is 8.84. The second-order valence-corrected chi connectivity index (χ2v) is 12.7. The van der Waals surface area contributed by atoms with E-state index in [0.29, 0.717) is 18.5 Å². The number of Topliss-reactive ketones (excluding diaryl/α,β-unsaturated/α-hetero) is 1. The standard InChI is InChI=1S/C28H31N3O8S/c1-5-28(15-14-25(33)30-21-11-7-6-10-19(21)16-24(28)30)17-20(32)18-29(26(34)39-27(2,3)4)40(37,38)23-13-9-8-12-22(23)31(35)36/h6-13,16H,5,14-15,17-18H2,1-4H3. The van der Waals surface area contributed by atoms with E-state index in [-0.39, 0.29) is 23.1 Å². The van der Waals surface area contributed by atoms with E-state index in [4.69, 9.17) is 4.74 Å². The minimum atomic E-state index is -4.86. The molecule has 0 N–H and O–H groups in total. The second-order valence-electron chi connectivity index (χ2n) is 10.9. The fourth-order valence-corrected chi connectivity index (χ4v) is 6.60. The van der Waals surface area contributed by atoms with Crippen LogP contribution in [0, 0.1) is 10.1 Å². The van der Waals surface area contributed by atoms with Crippen LogP contribution in [0.1, 0.15) is 63.9 Å². The molecule has 1 unspecified atom stereocenters. The first-order valence-electron chi connectivity index (χ1n) is 12.9. The molecule has 0 bridgehead atoms. The van der Waals surface area contributed by atoms with Gasteiger partial charge in [-0.1, -0.05) is 37.3 Å². The van der Waals surface area contributed by atoms with Gasteiger partial charge in [0.05, 0.1) is 17.0 Å². The molecule has 4 rings (SSSR count). The predicted octanol–water partition coefficient (Wildman–Crippen LogP) is 5.22. The number of nitro groups is 1. The maximum atomic E-state index is 13.6. The number of carbonyl (C=O) groups excluding carboxylic acids is 3. The Kier molecular flexibility index (Phi) is 7.59. The molecule has 0 saturated heterocycles. The predicted molar refractivity (Wildman–Crippen MR) is 147 cm³/mol. The summed E-state index contributed by atoms with van der Waals surface area (Å²) in [4.78, 5) is 49.7. The third kappa shape index (κ3) is 5.35. The molecule has 2 aromatic carbocycles. The van der Waals surface area contributed by atoms with Crippen molar-refractivity contribution >= 4 is 44.4 Å². The molecule has 2 heterocycles. The molecule has 212 valence electrons. The van der Waals surface area contributed by atoms with Gasteiger partial charge in [-0.2, -0.15) is 4.31 Å². The number of rotatable bonds is 8. The summed E-state index contributed by atoms with van der Waals surface area (Å²) in [6.45, 7) is 5.60. The number of aromatic nitrogens is 1. The highest BCUT2D eigenvalue weighted by Gasteiger charge is 2.43. The highest BCUT2D eigenvalue weighted by molar-refractivity contribution is 7.89. The average molecular weight is 570 g/mol. The number of benzene rings is 2. The lowest BCUT2D eigenvalue weighted by molar-refractivity contribution is -0.387. The molecule has 1 atom stereocenters. The lowest BCUT2D eigenvalue weighted by atomic mass is 9.72. The van der Waals surface area contributed by atoms with E-state index in [1.807, 2.05) is 37.3 Å². The molecule has 3 aromatic rings. The number of hydrogen-bond donors (Lipinski definition) is 0. The lowest BCUT2D eigenvalue weighted by Crippen LogP contribution is -2.45. The summed E-state index contributed by atoms with van der Waals surface area (Å²) in [5.74, 6) is -0.692. The normalized spacial score (nSPS) is 17.4. The van der Waals surface area contributed by atoms with Crippen LogP contribution in [-0.2, 0) is 25.0 Å². The number of fused-ring (bicyclic) bond motifs is 3. The van der Waals surface area contributed by atoms with Crippen LogP contribution in [0.5, 0.6) is 0 Å². The Bertz CT molecular complexity index is 1620. The number of amides is 1. The molecule has 1 aliphatic rings. The molecule has 0 saturated carbocycles. The summed E-state index contributed by atoms with van der Waals surface area (Å²) in [6, 6.07) is 13.9. The van der Waals surface area contributed by atoms with Crippen molar-refractivity contribution in [1.29, 1.82) is 0 Å². The molecule has 11 nitrogen and oxygen atoms in total. The number of nitrogens with zero attached hydrogens (tertiary/aromatic N) is 3. The van der Waals surface area contributed by atoms with E-state index < -0.39 is 55.0 Å². The van der Waals surface area contributed by atoms with Crippen molar-refractivity contribution in [3.05, 3.63) is 70.4 Å². The average Bonchev–Trinajstić information content (AvgIpc) is 3.29. The molecule has 12 heteroatoms. The van der Waals surface area contributed by atoms with Crippen molar-refractivity contribution in [2.45, 2.75) is 69.3 Å². The summed E-state index contributed by atoms with van der Waals surface area (Å²) in [6.07, 6.45) is -0.438. The Balaban J connectivity index is 1.73. The van der Waals surface area contributed by atoms with Gasteiger partial charge >= 0.3 is 6.09 Å². The molecule has 0 radical (unpaired) electrons.